The molecule has 0 fully saturated rings. The smallest absolute Gasteiger partial charge is 0.293 e. The average molecular weight is 298 g/mol. The van der Waals surface area contributed by atoms with Crippen LogP contribution in [0.15, 0.2) is 34.2 Å². The van der Waals surface area contributed by atoms with Gasteiger partial charge in [0.25, 0.3) is 0 Å². The van der Waals surface area contributed by atoms with Crippen LogP contribution in [0.5, 0.6) is 0 Å². The van der Waals surface area contributed by atoms with Gasteiger partial charge in [0.1, 0.15) is 0 Å². The van der Waals surface area contributed by atoms with Crippen molar-refractivity contribution in [2.75, 3.05) is 5.75 Å². The van der Waals surface area contributed by atoms with E-state index in [-0.39, 0.29) is 17.2 Å². The normalized spacial score (nSPS) is 10.6. The van der Waals surface area contributed by atoms with E-state index in [1.165, 1.54) is 16.3 Å². The van der Waals surface area contributed by atoms with Gasteiger partial charge >= 0.3 is 5.69 Å². The van der Waals surface area contributed by atoms with Crippen LogP contribution in [0.2, 0.25) is 5.02 Å². The number of nitrogens with zero attached hydrogens (tertiary/aromatic N) is 2. The van der Waals surface area contributed by atoms with E-state index in [1.54, 1.807) is 24.3 Å². The predicted molar refractivity (Wildman–Crippen MR) is 75.0 cm³/mol. The number of carbonyl (C=O) groups excluding carboxylic acids is 1. The molecule has 1 aromatic carbocycles. The summed E-state index contributed by atoms with van der Waals surface area (Å²) < 4.78 is 1.49. The van der Waals surface area contributed by atoms with Gasteiger partial charge in [-0.15, -0.1) is 5.10 Å². The number of carbonyl (C=O) groups is 1. The minimum atomic E-state index is -0.260. The van der Waals surface area contributed by atoms with E-state index in [0.717, 1.165) is 0 Å². The van der Waals surface area contributed by atoms with E-state index < -0.39 is 0 Å². The van der Waals surface area contributed by atoms with Crippen molar-refractivity contribution < 1.29 is 4.79 Å². The fraction of sp³-hybridized carbons (Fsp3) is 0.250. The Morgan fingerprint density at radius 3 is 2.74 bits per heavy atom. The van der Waals surface area contributed by atoms with Crippen LogP contribution in [0, 0.1) is 0 Å². The summed E-state index contributed by atoms with van der Waals surface area (Å²) in [4.78, 5) is 23.3. The van der Waals surface area contributed by atoms with Gasteiger partial charge in [0.05, 0.1) is 5.75 Å². The Bertz CT molecular complexity index is 633. The van der Waals surface area contributed by atoms with Crippen molar-refractivity contribution in [1.82, 2.24) is 14.8 Å². The van der Waals surface area contributed by atoms with Crippen LogP contribution in [-0.2, 0) is 6.54 Å². The van der Waals surface area contributed by atoms with Gasteiger partial charge in [0.2, 0.25) is 0 Å². The van der Waals surface area contributed by atoms with Gasteiger partial charge in [-0.1, -0.05) is 23.4 Å². The Balaban J connectivity index is 2.04. The van der Waals surface area contributed by atoms with Crippen LogP contribution < -0.4 is 5.69 Å². The molecule has 1 N–H and O–H groups in total. The van der Waals surface area contributed by atoms with Gasteiger partial charge in [-0.25, -0.2) is 9.89 Å². The van der Waals surface area contributed by atoms with Crippen molar-refractivity contribution in [3.8, 4) is 0 Å². The number of rotatable bonds is 5. The highest BCUT2D eigenvalue weighted by Crippen LogP contribution is 2.16. The molecule has 0 aliphatic heterocycles. The third-order valence-electron chi connectivity index (χ3n) is 2.54. The second-order valence-electron chi connectivity index (χ2n) is 3.77. The number of hydrogen-bond donors (Lipinski definition) is 1. The third kappa shape index (κ3) is 3.27. The quantitative estimate of drug-likeness (QED) is 0.679. The van der Waals surface area contributed by atoms with Crippen LogP contribution in [0.4, 0.5) is 0 Å². The first kappa shape index (κ1) is 13.9. The maximum Gasteiger partial charge on any atom is 0.343 e. The Labute approximate surface area is 119 Å². The van der Waals surface area contributed by atoms with Gasteiger partial charge in [-0.05, 0) is 31.2 Å². The van der Waals surface area contributed by atoms with Crippen LogP contribution >= 0.6 is 23.4 Å². The molecule has 100 valence electrons. The van der Waals surface area contributed by atoms with Crippen molar-refractivity contribution in [3.05, 3.63) is 45.3 Å². The van der Waals surface area contributed by atoms with E-state index in [9.17, 15) is 9.59 Å². The van der Waals surface area contributed by atoms with Crippen LogP contribution in [0.25, 0.3) is 0 Å². The summed E-state index contributed by atoms with van der Waals surface area (Å²) in [6.07, 6.45) is 0. The Morgan fingerprint density at radius 1 is 1.42 bits per heavy atom. The predicted octanol–water partition coefficient (Wildman–Crippen LogP) is 2.22. The first-order valence-electron chi connectivity index (χ1n) is 5.68. The molecule has 7 heteroatoms. The Kier molecular flexibility index (Phi) is 4.44. The summed E-state index contributed by atoms with van der Waals surface area (Å²) in [6, 6.07) is 6.72. The van der Waals surface area contributed by atoms with Gasteiger partial charge in [0, 0.05) is 17.1 Å². The van der Waals surface area contributed by atoms with Gasteiger partial charge < -0.3 is 0 Å². The average Bonchev–Trinajstić information content (AvgIpc) is 2.77. The van der Waals surface area contributed by atoms with Crippen molar-refractivity contribution in [1.29, 1.82) is 0 Å². The molecule has 0 spiro atoms. The monoisotopic (exact) mass is 297 g/mol. The number of aromatic nitrogens is 3. The SMILES string of the molecule is CCn1c(SCC(=O)c2ccc(Cl)cc2)n[nH]c1=O. The number of halogens is 1. The molecule has 19 heavy (non-hydrogen) atoms. The molecule has 0 bridgehead atoms. The molecule has 0 radical (unpaired) electrons. The minimum Gasteiger partial charge on any atom is -0.293 e. The highest BCUT2D eigenvalue weighted by Gasteiger charge is 2.11. The lowest BCUT2D eigenvalue weighted by atomic mass is 10.1. The number of thioether (sulfide) groups is 1. The van der Waals surface area contributed by atoms with E-state index in [0.29, 0.717) is 22.3 Å². The largest absolute Gasteiger partial charge is 0.343 e. The molecular formula is C12H12ClN3O2S. The topological polar surface area (TPSA) is 67.8 Å². The first-order chi connectivity index (χ1) is 9.11. The molecule has 2 rings (SSSR count). The molecule has 0 aliphatic carbocycles. The molecule has 5 nitrogen and oxygen atoms in total. The molecule has 0 unspecified atom stereocenters. The molecule has 0 atom stereocenters. The summed E-state index contributed by atoms with van der Waals surface area (Å²) in [7, 11) is 0. The minimum absolute atomic E-state index is 0.0280. The van der Waals surface area contributed by atoms with Crippen LogP contribution in [0.3, 0.4) is 0 Å². The summed E-state index contributed by atoms with van der Waals surface area (Å²) in [6.45, 7) is 2.37. The van der Waals surface area contributed by atoms with E-state index in [2.05, 4.69) is 10.2 Å². The Morgan fingerprint density at radius 2 is 2.11 bits per heavy atom. The molecule has 2 aromatic rings. The van der Waals surface area contributed by atoms with E-state index in [4.69, 9.17) is 11.6 Å². The number of aromatic amines is 1. The number of ketones is 1. The molecule has 0 saturated carbocycles. The summed E-state index contributed by atoms with van der Waals surface area (Å²) in [5.74, 6) is 0.200. The number of hydrogen-bond acceptors (Lipinski definition) is 4. The van der Waals surface area contributed by atoms with Crippen molar-refractivity contribution in [2.24, 2.45) is 0 Å². The lowest BCUT2D eigenvalue weighted by Crippen LogP contribution is -2.16. The van der Waals surface area contributed by atoms with E-state index >= 15 is 0 Å². The third-order valence-corrected chi connectivity index (χ3v) is 3.77. The molecule has 0 aliphatic rings. The molecule has 1 heterocycles. The standard InChI is InChI=1S/C12H12ClN3O2S/c1-2-16-11(18)14-15-12(16)19-7-10(17)8-3-5-9(13)6-4-8/h3-6H,2,7H2,1H3,(H,14,18). The molecule has 1 aromatic heterocycles. The molecule has 0 amide bonds. The highest BCUT2D eigenvalue weighted by atomic mass is 35.5. The maximum atomic E-state index is 11.9. The maximum absolute atomic E-state index is 11.9. The van der Waals surface area contributed by atoms with Crippen molar-refractivity contribution in [3.63, 3.8) is 0 Å². The first-order valence-corrected chi connectivity index (χ1v) is 7.05. The zero-order valence-electron chi connectivity index (χ0n) is 10.2. The molecular weight excluding hydrogens is 286 g/mol. The number of Topliss-reactive ketones (excluding diaryl/α,β-unsaturated/α-hetero) is 1. The highest BCUT2D eigenvalue weighted by molar-refractivity contribution is 7.99. The van der Waals surface area contributed by atoms with Gasteiger partial charge in [-0.3, -0.25) is 9.36 Å². The number of nitrogens with one attached hydrogen (secondary N) is 1. The zero-order chi connectivity index (χ0) is 13.8. The summed E-state index contributed by atoms with van der Waals surface area (Å²) >= 11 is 7.00. The molecule has 0 saturated heterocycles. The van der Waals surface area contributed by atoms with Crippen molar-refractivity contribution in [2.45, 2.75) is 18.6 Å². The van der Waals surface area contributed by atoms with Crippen molar-refractivity contribution >= 4 is 29.1 Å². The zero-order valence-corrected chi connectivity index (χ0v) is 11.8. The lowest BCUT2D eigenvalue weighted by Gasteiger charge is -2.02. The fourth-order valence-corrected chi connectivity index (χ4v) is 2.57. The second kappa shape index (κ2) is 6.08. The van der Waals surface area contributed by atoms with Crippen LogP contribution in [0.1, 0.15) is 17.3 Å². The van der Waals surface area contributed by atoms with Gasteiger partial charge in [-0.2, -0.15) is 0 Å². The van der Waals surface area contributed by atoms with Crippen LogP contribution in [-0.4, -0.2) is 26.3 Å². The lowest BCUT2D eigenvalue weighted by molar-refractivity contribution is 0.102. The number of benzene rings is 1. The number of H-pyrrole nitrogens is 1. The second-order valence-corrected chi connectivity index (χ2v) is 5.15. The summed E-state index contributed by atoms with van der Waals surface area (Å²) in [5, 5.41) is 7.37. The van der Waals surface area contributed by atoms with Gasteiger partial charge in [0.15, 0.2) is 10.9 Å². The van der Waals surface area contributed by atoms with E-state index in [1.807, 2.05) is 6.92 Å². The fourth-order valence-electron chi connectivity index (χ4n) is 1.54. The Hall–Kier alpha value is -1.53. The summed E-state index contributed by atoms with van der Waals surface area (Å²) in [5.41, 5.74) is 0.335.